The summed E-state index contributed by atoms with van der Waals surface area (Å²) >= 11 is 6.30. The highest BCUT2D eigenvalue weighted by atomic mass is 35.5. The zero-order valence-electron chi connectivity index (χ0n) is 15.0. The average molecular weight is 384 g/mol. The molecule has 0 aliphatic carbocycles. The van der Waals surface area contributed by atoms with Crippen LogP contribution < -0.4 is 9.47 Å². The van der Waals surface area contributed by atoms with Crippen LogP contribution in [0, 0.1) is 6.92 Å². The predicted octanol–water partition coefficient (Wildman–Crippen LogP) is 4.57. The Morgan fingerprint density at radius 2 is 2.07 bits per heavy atom. The minimum Gasteiger partial charge on any atom is -0.493 e. The van der Waals surface area contributed by atoms with Gasteiger partial charge in [0.15, 0.2) is 17.2 Å². The van der Waals surface area contributed by atoms with Crippen molar-refractivity contribution >= 4 is 29.5 Å². The molecule has 0 bridgehead atoms. The van der Waals surface area contributed by atoms with Gasteiger partial charge in [0, 0.05) is 5.56 Å². The molecule has 138 valence electrons. The lowest BCUT2D eigenvalue weighted by molar-refractivity contribution is -0.129. The number of rotatable bonds is 6. The molecule has 0 saturated heterocycles. The average Bonchev–Trinajstić information content (AvgIpc) is 3.01. The van der Waals surface area contributed by atoms with Gasteiger partial charge in [-0.3, -0.25) is 0 Å². The van der Waals surface area contributed by atoms with Gasteiger partial charge in [0.1, 0.15) is 6.61 Å². The molecule has 1 aliphatic heterocycles. The second-order valence-electron chi connectivity index (χ2n) is 5.78. The Morgan fingerprint density at radius 1 is 1.30 bits per heavy atom. The number of esters is 1. The van der Waals surface area contributed by atoms with E-state index in [9.17, 15) is 4.79 Å². The van der Waals surface area contributed by atoms with Crippen molar-refractivity contribution in [2.45, 2.75) is 6.92 Å². The Hall–Kier alpha value is -3.05. The van der Waals surface area contributed by atoms with Crippen LogP contribution in [0.2, 0.25) is 5.02 Å². The van der Waals surface area contributed by atoms with Crippen molar-refractivity contribution in [1.82, 2.24) is 0 Å². The van der Waals surface area contributed by atoms with Crippen LogP contribution >= 0.6 is 11.6 Å². The summed E-state index contributed by atoms with van der Waals surface area (Å²) in [6.45, 7) is 5.84. The standard InChI is InChI=1S/C21H18ClNO4/c1-4-9-26-19-16(22)10-14(12-18(19)25-3)11-17-21(24)27-20(23-17)15-8-6-5-7-13(15)2/h4-8,10-12H,1,9H2,2-3H3/b17-11-. The van der Waals surface area contributed by atoms with Crippen molar-refractivity contribution in [3.05, 3.63) is 76.5 Å². The molecule has 2 aromatic rings. The van der Waals surface area contributed by atoms with Crippen LogP contribution in [0.15, 0.2) is 59.7 Å². The smallest absolute Gasteiger partial charge is 0.363 e. The monoisotopic (exact) mass is 383 g/mol. The van der Waals surface area contributed by atoms with E-state index in [2.05, 4.69) is 11.6 Å². The Labute approximate surface area is 162 Å². The van der Waals surface area contributed by atoms with Crippen LogP contribution in [-0.4, -0.2) is 25.6 Å². The van der Waals surface area contributed by atoms with E-state index >= 15 is 0 Å². The second-order valence-corrected chi connectivity index (χ2v) is 6.19. The molecular weight excluding hydrogens is 366 g/mol. The van der Waals surface area contributed by atoms with Gasteiger partial charge in [0.2, 0.25) is 5.90 Å². The third kappa shape index (κ3) is 4.04. The van der Waals surface area contributed by atoms with E-state index in [4.69, 9.17) is 25.8 Å². The highest BCUT2D eigenvalue weighted by Gasteiger charge is 2.25. The summed E-state index contributed by atoms with van der Waals surface area (Å²) in [6.07, 6.45) is 3.21. The predicted molar refractivity (Wildman–Crippen MR) is 105 cm³/mol. The molecule has 27 heavy (non-hydrogen) atoms. The fraction of sp³-hybridized carbons (Fsp3) is 0.143. The number of benzene rings is 2. The van der Waals surface area contributed by atoms with Crippen LogP contribution in [0.1, 0.15) is 16.7 Å². The Balaban J connectivity index is 1.96. The van der Waals surface area contributed by atoms with Gasteiger partial charge in [-0.05, 0) is 42.3 Å². The zero-order chi connectivity index (χ0) is 19.4. The van der Waals surface area contributed by atoms with Crippen LogP contribution in [0.25, 0.3) is 6.08 Å². The SMILES string of the molecule is C=CCOc1c(Cl)cc(/C=C2\N=C(c3ccccc3C)OC2=O)cc1OC. The van der Waals surface area contributed by atoms with Crippen molar-refractivity contribution in [3.8, 4) is 11.5 Å². The topological polar surface area (TPSA) is 57.1 Å². The molecular formula is C21H18ClNO4. The summed E-state index contributed by atoms with van der Waals surface area (Å²) in [7, 11) is 1.52. The van der Waals surface area contributed by atoms with Gasteiger partial charge in [0.05, 0.1) is 12.1 Å². The van der Waals surface area contributed by atoms with Gasteiger partial charge >= 0.3 is 5.97 Å². The first-order valence-corrected chi connectivity index (χ1v) is 8.61. The van der Waals surface area contributed by atoms with E-state index in [1.807, 2.05) is 31.2 Å². The number of halogens is 1. The summed E-state index contributed by atoms with van der Waals surface area (Å²) < 4.78 is 16.2. The Kier molecular flexibility index (Phi) is 5.62. The summed E-state index contributed by atoms with van der Waals surface area (Å²) in [5, 5.41) is 0.359. The van der Waals surface area contributed by atoms with Crippen molar-refractivity contribution in [2.24, 2.45) is 4.99 Å². The first kappa shape index (κ1) is 18.7. The van der Waals surface area contributed by atoms with E-state index in [-0.39, 0.29) is 11.6 Å². The van der Waals surface area contributed by atoms with Crippen molar-refractivity contribution in [2.75, 3.05) is 13.7 Å². The molecule has 6 heteroatoms. The van der Waals surface area contributed by atoms with Crippen molar-refractivity contribution < 1.29 is 19.0 Å². The lowest BCUT2D eigenvalue weighted by Crippen LogP contribution is -2.06. The quantitative estimate of drug-likeness (QED) is 0.416. The molecule has 0 amide bonds. The number of hydrogen-bond acceptors (Lipinski definition) is 5. The molecule has 0 saturated carbocycles. The molecule has 0 spiro atoms. The first-order chi connectivity index (χ1) is 13.0. The number of aryl methyl sites for hydroxylation is 1. The van der Waals surface area contributed by atoms with E-state index in [1.54, 1.807) is 24.3 Å². The zero-order valence-corrected chi connectivity index (χ0v) is 15.7. The number of cyclic esters (lactones) is 1. The van der Waals surface area contributed by atoms with E-state index in [0.29, 0.717) is 28.7 Å². The minimum atomic E-state index is -0.518. The van der Waals surface area contributed by atoms with Crippen molar-refractivity contribution in [3.63, 3.8) is 0 Å². The molecule has 0 radical (unpaired) electrons. The number of ether oxygens (including phenoxy) is 3. The molecule has 1 aliphatic rings. The molecule has 0 fully saturated rings. The van der Waals surface area contributed by atoms with Gasteiger partial charge in [-0.1, -0.05) is 42.5 Å². The fourth-order valence-corrected chi connectivity index (χ4v) is 2.87. The molecule has 5 nitrogen and oxygen atoms in total. The number of hydrogen-bond donors (Lipinski definition) is 0. The Morgan fingerprint density at radius 3 is 2.78 bits per heavy atom. The van der Waals surface area contributed by atoms with Gasteiger partial charge in [-0.2, -0.15) is 0 Å². The molecule has 2 aromatic carbocycles. The highest BCUT2D eigenvalue weighted by molar-refractivity contribution is 6.32. The van der Waals surface area contributed by atoms with Crippen LogP contribution in [0.3, 0.4) is 0 Å². The van der Waals surface area contributed by atoms with Crippen LogP contribution in [0.4, 0.5) is 0 Å². The van der Waals surface area contributed by atoms with Crippen LogP contribution in [0.5, 0.6) is 11.5 Å². The molecule has 0 aromatic heterocycles. The number of nitrogens with zero attached hydrogens (tertiary/aromatic N) is 1. The van der Waals surface area contributed by atoms with Gasteiger partial charge in [-0.15, -0.1) is 0 Å². The second kappa shape index (κ2) is 8.10. The number of aliphatic imine (C=N–C) groups is 1. The molecule has 0 atom stereocenters. The number of methoxy groups -OCH3 is 1. The Bertz CT molecular complexity index is 963. The maximum absolute atomic E-state index is 12.2. The number of carbonyl (C=O) groups excluding carboxylic acids is 1. The number of carbonyl (C=O) groups is 1. The summed E-state index contributed by atoms with van der Waals surface area (Å²) in [6, 6.07) is 11.0. The normalized spacial score (nSPS) is 14.7. The maximum Gasteiger partial charge on any atom is 0.363 e. The van der Waals surface area contributed by atoms with Crippen molar-refractivity contribution in [1.29, 1.82) is 0 Å². The third-order valence-electron chi connectivity index (χ3n) is 3.90. The van der Waals surface area contributed by atoms with Gasteiger partial charge in [-0.25, -0.2) is 9.79 Å². The summed E-state index contributed by atoms with van der Waals surface area (Å²) in [4.78, 5) is 16.5. The van der Waals surface area contributed by atoms with E-state index in [1.165, 1.54) is 7.11 Å². The van der Waals surface area contributed by atoms with E-state index in [0.717, 1.165) is 11.1 Å². The molecule has 0 unspecified atom stereocenters. The lowest BCUT2D eigenvalue weighted by Gasteiger charge is -2.12. The van der Waals surface area contributed by atoms with Gasteiger partial charge < -0.3 is 14.2 Å². The largest absolute Gasteiger partial charge is 0.493 e. The molecule has 0 N–H and O–H groups in total. The fourth-order valence-electron chi connectivity index (χ4n) is 2.60. The molecule has 3 rings (SSSR count). The summed E-state index contributed by atoms with van der Waals surface area (Å²) in [5.41, 5.74) is 2.58. The lowest BCUT2D eigenvalue weighted by atomic mass is 10.1. The molecule has 1 heterocycles. The minimum absolute atomic E-state index is 0.186. The maximum atomic E-state index is 12.2. The van der Waals surface area contributed by atoms with Crippen LogP contribution in [-0.2, 0) is 9.53 Å². The van der Waals surface area contributed by atoms with E-state index < -0.39 is 5.97 Å². The van der Waals surface area contributed by atoms with Gasteiger partial charge in [0.25, 0.3) is 0 Å². The summed E-state index contributed by atoms with van der Waals surface area (Å²) in [5.74, 6) is 0.633. The highest BCUT2D eigenvalue weighted by Crippen LogP contribution is 2.37. The first-order valence-electron chi connectivity index (χ1n) is 8.23. The third-order valence-corrected chi connectivity index (χ3v) is 4.18.